The van der Waals surface area contributed by atoms with Crippen LogP contribution in [0.25, 0.3) is 11.0 Å². The van der Waals surface area contributed by atoms with Gasteiger partial charge in [0.2, 0.25) is 10.0 Å². The summed E-state index contributed by atoms with van der Waals surface area (Å²) in [7, 11) is -9.42. The molecule has 3 N–H and O–H groups in total. The average molecular weight is 716 g/mol. The summed E-state index contributed by atoms with van der Waals surface area (Å²) in [6.07, 6.45) is -16.0. The number of alkyl halides is 9. The maximum atomic E-state index is 13.4. The van der Waals surface area contributed by atoms with Gasteiger partial charge in [0, 0.05) is 0 Å². The number of fused-ring (bicyclic) bond motifs is 1. The number of hydrogen-bond acceptors (Lipinski definition) is 6. The highest BCUT2D eigenvalue weighted by molar-refractivity contribution is 7.92. The van der Waals surface area contributed by atoms with Crippen molar-refractivity contribution in [2.24, 2.45) is 0 Å². The van der Waals surface area contributed by atoms with Gasteiger partial charge in [0.05, 0.1) is 44.3 Å². The molecule has 21 heteroatoms. The minimum atomic E-state index is -5.37. The van der Waals surface area contributed by atoms with Crippen molar-refractivity contribution in [2.75, 3.05) is 10.8 Å². The molecule has 1 fully saturated rings. The molecule has 1 saturated heterocycles. The van der Waals surface area contributed by atoms with Gasteiger partial charge in [-0.15, -0.1) is 0 Å². The molecule has 0 radical (unpaired) electrons. The van der Waals surface area contributed by atoms with Gasteiger partial charge in [-0.3, -0.25) is 4.79 Å². The zero-order valence-electron chi connectivity index (χ0n) is 22.9. The van der Waals surface area contributed by atoms with Gasteiger partial charge in [0.1, 0.15) is 12.4 Å². The third kappa shape index (κ3) is 7.30. The van der Waals surface area contributed by atoms with Gasteiger partial charge in [-0.25, -0.2) is 27.2 Å². The van der Waals surface area contributed by atoms with E-state index in [4.69, 9.17) is 0 Å². The summed E-state index contributed by atoms with van der Waals surface area (Å²) in [6, 6.07) is 5.44. The van der Waals surface area contributed by atoms with E-state index in [2.05, 4.69) is 9.97 Å². The molecular weight excluding hydrogens is 697 g/mol. The summed E-state index contributed by atoms with van der Waals surface area (Å²) in [5.74, 6) is -1.17. The summed E-state index contributed by atoms with van der Waals surface area (Å²) in [4.78, 5) is 16.8. The second-order valence-electron chi connectivity index (χ2n) is 10.2. The van der Waals surface area contributed by atoms with Crippen LogP contribution < -0.4 is 13.7 Å². The van der Waals surface area contributed by atoms with Crippen molar-refractivity contribution < 1.29 is 61.1 Å². The molecule has 1 atom stereocenters. The Morgan fingerprint density at radius 2 is 1.40 bits per heavy atom. The fourth-order valence-corrected chi connectivity index (χ4v) is 7.03. The van der Waals surface area contributed by atoms with Crippen molar-refractivity contribution >= 4 is 42.9 Å². The number of carbonyl (C=O) groups excluding carboxylic acids is 1. The smallest absolute Gasteiger partial charge is 0.341 e. The van der Waals surface area contributed by atoms with Crippen molar-refractivity contribution in [3.05, 3.63) is 88.7 Å². The van der Waals surface area contributed by atoms with E-state index < -0.39 is 85.3 Å². The predicted molar refractivity (Wildman–Crippen MR) is 145 cm³/mol. The lowest BCUT2D eigenvalue weighted by atomic mass is 10.1. The Hall–Kier alpha value is -4.37. The van der Waals surface area contributed by atoms with Crippen molar-refractivity contribution in [2.45, 2.75) is 35.9 Å². The number of amides is 1. The van der Waals surface area contributed by atoms with Crippen LogP contribution in [0.15, 0.2) is 65.6 Å². The fourth-order valence-electron chi connectivity index (χ4n) is 4.61. The summed E-state index contributed by atoms with van der Waals surface area (Å²) in [5, 5.41) is 0. The van der Waals surface area contributed by atoms with E-state index >= 15 is 0 Å². The second-order valence-corrected chi connectivity index (χ2v) is 13.5. The molecule has 0 unspecified atom stereocenters. The first-order valence-corrected chi connectivity index (χ1v) is 15.8. The topological polar surface area (TPSA) is 141 Å². The van der Waals surface area contributed by atoms with Crippen molar-refractivity contribution in [1.82, 2.24) is 19.4 Å². The Morgan fingerprint density at radius 1 is 0.830 bits per heavy atom. The van der Waals surface area contributed by atoms with E-state index in [1.165, 1.54) is 24.3 Å². The number of rotatable bonds is 7. The fraction of sp³-hybridized carbons (Fsp3) is 0.231. The Balaban J connectivity index is 1.56. The van der Waals surface area contributed by atoms with Crippen LogP contribution >= 0.6 is 0 Å². The number of aromatic amines is 1. The normalized spacial score (nSPS) is 16.4. The van der Waals surface area contributed by atoms with Gasteiger partial charge >= 0.3 is 28.7 Å². The number of carbonyl (C=O) groups is 1. The van der Waals surface area contributed by atoms with Crippen LogP contribution in [0, 0.1) is 0 Å². The number of sulfonamides is 1. The van der Waals surface area contributed by atoms with Gasteiger partial charge in [-0.1, -0.05) is 12.1 Å². The van der Waals surface area contributed by atoms with Crippen LogP contribution in [-0.4, -0.2) is 39.3 Å². The lowest BCUT2D eigenvalue weighted by molar-refractivity contribution is -0.143. The van der Waals surface area contributed by atoms with Gasteiger partial charge in [0.15, 0.2) is 0 Å². The van der Waals surface area contributed by atoms with Gasteiger partial charge < -0.3 is 4.98 Å². The van der Waals surface area contributed by atoms with Crippen LogP contribution in [0.2, 0.25) is 0 Å². The van der Waals surface area contributed by atoms with E-state index in [1.54, 1.807) is 4.72 Å². The van der Waals surface area contributed by atoms with Crippen molar-refractivity contribution in [3.63, 3.8) is 0 Å². The number of H-pyrrole nitrogens is 1. The Kier molecular flexibility index (Phi) is 8.24. The van der Waals surface area contributed by atoms with Gasteiger partial charge in [-0.2, -0.15) is 47.9 Å². The highest BCUT2D eigenvalue weighted by atomic mass is 32.2. The quantitative estimate of drug-likeness (QED) is 0.229. The first-order chi connectivity index (χ1) is 21.5. The first-order valence-electron chi connectivity index (χ1n) is 12.8. The van der Waals surface area contributed by atoms with Crippen LogP contribution in [0.3, 0.4) is 0 Å². The van der Waals surface area contributed by atoms with Crippen LogP contribution in [0.4, 0.5) is 45.2 Å². The minimum absolute atomic E-state index is 0.0104. The maximum Gasteiger partial charge on any atom is 0.416 e. The van der Waals surface area contributed by atoms with E-state index in [1.807, 2.05) is 4.72 Å². The molecule has 4 aromatic rings. The lowest BCUT2D eigenvalue weighted by Crippen LogP contribution is -2.31. The predicted octanol–water partition coefficient (Wildman–Crippen LogP) is 5.06. The molecule has 1 aromatic heterocycles. The van der Waals surface area contributed by atoms with E-state index in [-0.39, 0.29) is 46.3 Å². The van der Waals surface area contributed by atoms with Gasteiger partial charge in [-0.05, 0) is 60.5 Å². The van der Waals surface area contributed by atoms with Crippen molar-refractivity contribution in [1.29, 1.82) is 0 Å². The first kappa shape index (κ1) is 34.0. The van der Waals surface area contributed by atoms with Crippen LogP contribution in [0.1, 0.15) is 34.1 Å². The number of anilines is 1. The average Bonchev–Trinajstić information content (AvgIpc) is 3.50. The molecule has 47 heavy (non-hydrogen) atoms. The number of nitrogens with zero attached hydrogens (tertiary/aromatic N) is 2. The number of halogens is 9. The summed E-state index contributed by atoms with van der Waals surface area (Å²) in [5.41, 5.74) is -5.00. The summed E-state index contributed by atoms with van der Waals surface area (Å²) < 4.78 is 176. The Morgan fingerprint density at radius 3 is 1.91 bits per heavy atom. The standard InChI is InChI=1S/C26H18F9N5O5S2/c27-24(28,29)14-3-6-19-20(11-14)37-23(36-19)21(7-13-1-4-17(5-2-13)40-12-22(41)39-47(40,44)45)38-46(42,43)18-9-15(25(30,31)32)8-16(10-18)26(33,34)35/h1-6,8-11,21,38H,7,12H2,(H,36,37)(H,39,41)/t21-/m0/s1. The number of imidazole rings is 1. The number of aromatic nitrogens is 2. The highest BCUT2D eigenvalue weighted by Gasteiger charge is 2.39. The van der Waals surface area contributed by atoms with E-state index in [9.17, 15) is 61.1 Å². The van der Waals surface area contributed by atoms with E-state index in [0.717, 1.165) is 10.4 Å². The maximum absolute atomic E-state index is 13.4. The molecule has 0 spiro atoms. The van der Waals surface area contributed by atoms with Gasteiger partial charge in [0.25, 0.3) is 5.91 Å². The SMILES string of the molecule is O=C1CN(c2ccc(C[C@H](NS(=O)(=O)c3cc(C(F)(F)F)cc(C(F)(F)F)c3)c3nc4ccc(C(F)(F)F)cc4[nH]3)cc2)S(=O)(=O)N1. The monoisotopic (exact) mass is 715 g/mol. The largest absolute Gasteiger partial charge is 0.416 e. The zero-order chi connectivity index (χ0) is 34.7. The third-order valence-electron chi connectivity index (χ3n) is 6.81. The molecular formula is C26H18F9N5O5S2. The molecule has 2 heterocycles. The lowest BCUT2D eigenvalue weighted by Gasteiger charge is -2.20. The number of benzene rings is 3. The van der Waals surface area contributed by atoms with E-state index in [0.29, 0.717) is 12.1 Å². The number of hydrogen-bond donors (Lipinski definition) is 3. The molecule has 1 aliphatic rings. The molecule has 0 bridgehead atoms. The number of nitrogens with one attached hydrogen (secondary N) is 3. The molecule has 0 aliphatic carbocycles. The van der Waals surface area contributed by atoms with Crippen LogP contribution in [0.5, 0.6) is 0 Å². The molecule has 1 amide bonds. The Bertz CT molecular complexity index is 2040. The summed E-state index contributed by atoms with van der Waals surface area (Å²) >= 11 is 0. The highest BCUT2D eigenvalue weighted by Crippen LogP contribution is 2.38. The molecule has 252 valence electrons. The molecule has 3 aromatic carbocycles. The zero-order valence-corrected chi connectivity index (χ0v) is 24.6. The van der Waals surface area contributed by atoms with Crippen molar-refractivity contribution in [3.8, 4) is 0 Å². The molecule has 10 nitrogen and oxygen atoms in total. The Labute approximate surface area is 258 Å². The molecule has 1 aliphatic heterocycles. The molecule has 5 rings (SSSR count). The minimum Gasteiger partial charge on any atom is -0.341 e. The summed E-state index contributed by atoms with van der Waals surface area (Å²) in [6.45, 7) is -0.542. The second kappa shape index (κ2) is 11.4. The third-order valence-corrected chi connectivity index (χ3v) is 9.67. The van der Waals surface area contributed by atoms with Crippen LogP contribution in [-0.2, 0) is 50.0 Å². The molecule has 0 saturated carbocycles.